The van der Waals surface area contributed by atoms with Crippen molar-refractivity contribution < 1.29 is 17.9 Å². The standard InChI is InChI=1S/C22H38N4O4S/c1-5-24-13-15-25(16-14-24)21-12-11-19(31(28,29)26(6-2)7-3)18-20(21)23-22(27)10-9-17-30-8-4/h11-12,18H,5-10,13-17H2,1-4H3,(H,23,27). The molecular formula is C22H38N4O4S. The number of ether oxygens (including phenoxy) is 1. The number of sulfonamides is 1. The molecule has 1 aliphatic heterocycles. The van der Waals surface area contributed by atoms with Crippen LogP contribution in [0.2, 0.25) is 0 Å². The second kappa shape index (κ2) is 12.4. The molecular weight excluding hydrogens is 416 g/mol. The van der Waals surface area contributed by atoms with Crippen LogP contribution in [0.3, 0.4) is 0 Å². The van der Waals surface area contributed by atoms with Gasteiger partial charge in [-0.1, -0.05) is 20.8 Å². The van der Waals surface area contributed by atoms with Gasteiger partial charge in [-0.25, -0.2) is 8.42 Å². The number of benzene rings is 1. The summed E-state index contributed by atoms with van der Waals surface area (Å²) >= 11 is 0. The molecule has 8 nitrogen and oxygen atoms in total. The van der Waals surface area contributed by atoms with E-state index in [0.29, 0.717) is 44.8 Å². The molecule has 1 N–H and O–H groups in total. The van der Waals surface area contributed by atoms with Crippen molar-refractivity contribution in [3.05, 3.63) is 18.2 Å². The van der Waals surface area contributed by atoms with Crippen molar-refractivity contribution in [2.24, 2.45) is 0 Å². The Kier molecular flexibility index (Phi) is 10.2. The maximum absolute atomic E-state index is 13.0. The average molecular weight is 455 g/mol. The first-order valence-corrected chi connectivity index (χ1v) is 12.8. The summed E-state index contributed by atoms with van der Waals surface area (Å²) < 4.78 is 32.8. The van der Waals surface area contributed by atoms with Crippen LogP contribution in [0, 0.1) is 0 Å². The van der Waals surface area contributed by atoms with Gasteiger partial charge in [0.2, 0.25) is 15.9 Å². The summed E-state index contributed by atoms with van der Waals surface area (Å²) in [5, 5.41) is 2.96. The number of piperazine rings is 1. The molecule has 0 aliphatic carbocycles. The Hall–Kier alpha value is -1.68. The minimum Gasteiger partial charge on any atom is -0.382 e. The monoisotopic (exact) mass is 454 g/mol. The Bertz CT molecular complexity index is 804. The molecule has 31 heavy (non-hydrogen) atoms. The highest BCUT2D eigenvalue weighted by Gasteiger charge is 2.25. The van der Waals surface area contributed by atoms with Gasteiger partial charge < -0.3 is 19.9 Å². The van der Waals surface area contributed by atoms with Crippen LogP contribution in [0.5, 0.6) is 0 Å². The first-order valence-electron chi connectivity index (χ1n) is 11.4. The fourth-order valence-corrected chi connectivity index (χ4v) is 5.25. The summed E-state index contributed by atoms with van der Waals surface area (Å²) in [4.78, 5) is 17.4. The number of rotatable bonds is 12. The molecule has 1 heterocycles. The van der Waals surface area contributed by atoms with Crippen LogP contribution in [0.25, 0.3) is 0 Å². The molecule has 0 unspecified atom stereocenters. The first kappa shape index (κ1) is 25.6. The predicted molar refractivity (Wildman–Crippen MR) is 125 cm³/mol. The molecule has 1 aromatic rings. The number of hydrogen-bond acceptors (Lipinski definition) is 6. The predicted octanol–water partition coefficient (Wildman–Crippen LogP) is 2.61. The van der Waals surface area contributed by atoms with Gasteiger partial charge in [0.25, 0.3) is 0 Å². The molecule has 1 aromatic carbocycles. The van der Waals surface area contributed by atoms with E-state index < -0.39 is 10.0 Å². The molecule has 176 valence electrons. The van der Waals surface area contributed by atoms with Gasteiger partial charge >= 0.3 is 0 Å². The van der Waals surface area contributed by atoms with E-state index in [9.17, 15) is 13.2 Å². The summed E-state index contributed by atoms with van der Waals surface area (Å²) in [7, 11) is -3.61. The smallest absolute Gasteiger partial charge is 0.243 e. The normalized spacial score (nSPS) is 15.5. The van der Waals surface area contributed by atoms with E-state index in [1.807, 2.05) is 26.8 Å². The summed E-state index contributed by atoms with van der Waals surface area (Å²) in [5.74, 6) is -0.134. The SMILES string of the molecule is CCOCCCC(=O)Nc1cc(S(=O)(=O)N(CC)CC)ccc1N1CCN(CC)CC1. The van der Waals surface area contributed by atoms with Gasteiger partial charge in [0.1, 0.15) is 0 Å². The Morgan fingerprint density at radius 2 is 1.77 bits per heavy atom. The van der Waals surface area contributed by atoms with Crippen molar-refractivity contribution in [2.45, 2.75) is 45.4 Å². The molecule has 0 bridgehead atoms. The Morgan fingerprint density at radius 3 is 2.35 bits per heavy atom. The van der Waals surface area contributed by atoms with Crippen LogP contribution >= 0.6 is 0 Å². The van der Waals surface area contributed by atoms with Gasteiger partial charge in [-0.15, -0.1) is 0 Å². The van der Waals surface area contributed by atoms with Gasteiger partial charge in [-0.3, -0.25) is 4.79 Å². The van der Waals surface area contributed by atoms with Crippen molar-refractivity contribution in [1.29, 1.82) is 0 Å². The van der Waals surface area contributed by atoms with Gasteiger partial charge in [-0.2, -0.15) is 4.31 Å². The molecule has 1 fully saturated rings. The quantitative estimate of drug-likeness (QED) is 0.489. The number of anilines is 2. The molecule has 0 saturated carbocycles. The first-order chi connectivity index (χ1) is 14.9. The molecule has 1 saturated heterocycles. The molecule has 2 rings (SSSR count). The minimum atomic E-state index is -3.61. The van der Waals surface area contributed by atoms with Crippen LogP contribution in [-0.4, -0.2) is 82.6 Å². The van der Waals surface area contributed by atoms with Gasteiger partial charge in [0, 0.05) is 58.9 Å². The third-order valence-corrected chi connectivity index (χ3v) is 7.69. The van der Waals surface area contributed by atoms with Crippen molar-refractivity contribution in [2.75, 3.05) is 69.2 Å². The topological polar surface area (TPSA) is 82.2 Å². The zero-order chi connectivity index (χ0) is 22.9. The molecule has 9 heteroatoms. The highest BCUT2D eigenvalue weighted by molar-refractivity contribution is 7.89. The summed E-state index contributed by atoms with van der Waals surface area (Å²) in [6.45, 7) is 14.3. The molecule has 1 aliphatic rings. The number of carbonyl (C=O) groups is 1. The zero-order valence-electron chi connectivity index (χ0n) is 19.4. The molecule has 0 atom stereocenters. The lowest BCUT2D eigenvalue weighted by Gasteiger charge is -2.36. The fraction of sp³-hybridized carbons (Fsp3) is 0.682. The Balaban J connectivity index is 2.29. The number of carbonyl (C=O) groups excluding carboxylic acids is 1. The largest absolute Gasteiger partial charge is 0.382 e. The number of nitrogens with zero attached hydrogens (tertiary/aromatic N) is 3. The molecule has 0 radical (unpaired) electrons. The maximum atomic E-state index is 13.0. The Labute approximate surface area is 187 Å². The van der Waals surface area contributed by atoms with Crippen molar-refractivity contribution in [3.63, 3.8) is 0 Å². The number of nitrogens with one attached hydrogen (secondary N) is 1. The summed E-state index contributed by atoms with van der Waals surface area (Å²) in [5.41, 5.74) is 1.42. The number of likely N-dealkylation sites (N-methyl/N-ethyl adjacent to an activating group) is 1. The lowest BCUT2D eigenvalue weighted by molar-refractivity contribution is -0.116. The van der Waals surface area contributed by atoms with E-state index in [4.69, 9.17) is 4.74 Å². The third kappa shape index (κ3) is 6.90. The number of amides is 1. The van der Waals surface area contributed by atoms with Crippen LogP contribution in [-0.2, 0) is 19.6 Å². The van der Waals surface area contributed by atoms with Gasteiger partial charge in [0.05, 0.1) is 16.3 Å². The van der Waals surface area contributed by atoms with Crippen LogP contribution in [0.15, 0.2) is 23.1 Å². The van der Waals surface area contributed by atoms with Crippen LogP contribution in [0.4, 0.5) is 11.4 Å². The second-order valence-electron chi connectivity index (χ2n) is 7.54. The van der Waals surface area contributed by atoms with Crippen LogP contribution < -0.4 is 10.2 Å². The van der Waals surface area contributed by atoms with Crippen molar-refractivity contribution >= 4 is 27.3 Å². The zero-order valence-corrected chi connectivity index (χ0v) is 20.2. The van der Waals surface area contributed by atoms with Crippen molar-refractivity contribution in [3.8, 4) is 0 Å². The maximum Gasteiger partial charge on any atom is 0.243 e. The lowest BCUT2D eigenvalue weighted by atomic mass is 10.2. The summed E-state index contributed by atoms with van der Waals surface area (Å²) in [6.07, 6.45) is 0.956. The second-order valence-corrected chi connectivity index (χ2v) is 9.48. The molecule has 0 aromatic heterocycles. The van der Waals surface area contributed by atoms with E-state index in [0.717, 1.165) is 38.4 Å². The van der Waals surface area contributed by atoms with E-state index in [1.165, 1.54) is 4.31 Å². The minimum absolute atomic E-state index is 0.134. The Morgan fingerprint density at radius 1 is 1.10 bits per heavy atom. The lowest BCUT2D eigenvalue weighted by Crippen LogP contribution is -2.46. The highest BCUT2D eigenvalue weighted by Crippen LogP contribution is 2.31. The van der Waals surface area contributed by atoms with E-state index in [1.54, 1.807) is 12.1 Å². The highest BCUT2D eigenvalue weighted by atomic mass is 32.2. The molecule has 0 spiro atoms. The van der Waals surface area contributed by atoms with E-state index >= 15 is 0 Å². The number of hydrogen-bond donors (Lipinski definition) is 1. The average Bonchev–Trinajstić information content (AvgIpc) is 2.77. The fourth-order valence-electron chi connectivity index (χ4n) is 3.76. The van der Waals surface area contributed by atoms with Crippen molar-refractivity contribution in [1.82, 2.24) is 9.21 Å². The van der Waals surface area contributed by atoms with Gasteiger partial charge in [0.15, 0.2) is 0 Å². The molecule has 1 amide bonds. The van der Waals surface area contributed by atoms with E-state index in [2.05, 4.69) is 22.0 Å². The van der Waals surface area contributed by atoms with Gasteiger partial charge in [-0.05, 0) is 38.1 Å². The summed E-state index contributed by atoms with van der Waals surface area (Å²) in [6, 6.07) is 5.09. The third-order valence-electron chi connectivity index (χ3n) is 5.64. The van der Waals surface area contributed by atoms with E-state index in [-0.39, 0.29) is 10.8 Å². The van der Waals surface area contributed by atoms with Crippen LogP contribution in [0.1, 0.15) is 40.5 Å².